The molecule has 0 bridgehead atoms. The Morgan fingerprint density at radius 2 is 1.84 bits per heavy atom. The van der Waals surface area contributed by atoms with Crippen LogP contribution in [0.5, 0.6) is 0 Å². The summed E-state index contributed by atoms with van der Waals surface area (Å²) in [5.74, 6) is 0. The molecule has 1 aromatic carbocycles. The van der Waals surface area contributed by atoms with Gasteiger partial charge in [0, 0.05) is 25.3 Å². The second-order valence-corrected chi connectivity index (χ2v) is 4.67. The van der Waals surface area contributed by atoms with Crippen LogP contribution in [0.1, 0.15) is 11.1 Å². The average Bonchev–Trinajstić information content (AvgIpc) is 2.36. The average molecular weight is 274 g/mol. The van der Waals surface area contributed by atoms with Crippen molar-refractivity contribution in [3.05, 3.63) is 29.3 Å². The number of nitrogens with two attached hydrogens (primary N) is 1. The van der Waals surface area contributed by atoms with Crippen LogP contribution in [0, 0.1) is 0 Å². The second kappa shape index (κ2) is 5.79. The van der Waals surface area contributed by atoms with E-state index in [1.165, 1.54) is 6.07 Å². The molecule has 0 aromatic heterocycles. The maximum absolute atomic E-state index is 12.7. The molecule has 19 heavy (non-hydrogen) atoms. The normalized spacial score (nSPS) is 17.6. The van der Waals surface area contributed by atoms with Crippen molar-refractivity contribution in [2.45, 2.75) is 12.6 Å². The molecule has 2 rings (SSSR count). The molecule has 0 spiro atoms. The zero-order chi connectivity index (χ0) is 13.9. The van der Waals surface area contributed by atoms with E-state index in [0.29, 0.717) is 25.2 Å². The van der Waals surface area contributed by atoms with E-state index in [1.54, 1.807) is 6.07 Å². The van der Waals surface area contributed by atoms with E-state index in [2.05, 4.69) is 4.90 Å². The summed E-state index contributed by atoms with van der Waals surface area (Å²) in [6.45, 7) is 3.75. The predicted molar refractivity (Wildman–Crippen MR) is 66.8 cm³/mol. The number of nitrogen functional groups attached to an aromatic ring is 1. The smallest absolute Gasteiger partial charge is 0.399 e. The van der Waals surface area contributed by atoms with Crippen molar-refractivity contribution < 1.29 is 17.9 Å². The Hall–Kier alpha value is -1.27. The van der Waals surface area contributed by atoms with Gasteiger partial charge in [0.2, 0.25) is 0 Å². The van der Waals surface area contributed by atoms with E-state index in [0.717, 1.165) is 25.7 Å². The van der Waals surface area contributed by atoms with Gasteiger partial charge in [0.1, 0.15) is 0 Å². The van der Waals surface area contributed by atoms with Crippen molar-refractivity contribution in [3.63, 3.8) is 0 Å². The maximum Gasteiger partial charge on any atom is 0.416 e. The summed E-state index contributed by atoms with van der Waals surface area (Å²) in [6, 6.07) is 3.75. The van der Waals surface area contributed by atoms with Crippen LogP contribution in [0.15, 0.2) is 18.2 Å². The Morgan fingerprint density at radius 1 is 1.16 bits per heavy atom. The van der Waals surface area contributed by atoms with Crippen molar-refractivity contribution in [3.8, 4) is 0 Å². The Bertz CT molecular complexity index is 428. The number of hydrogen-bond acceptors (Lipinski definition) is 3. The van der Waals surface area contributed by atoms with E-state index >= 15 is 0 Å². The largest absolute Gasteiger partial charge is 0.416 e. The molecule has 0 atom stereocenters. The van der Waals surface area contributed by atoms with Gasteiger partial charge in [-0.1, -0.05) is 0 Å². The van der Waals surface area contributed by atoms with Crippen LogP contribution in [0.25, 0.3) is 0 Å². The molecule has 0 amide bonds. The van der Waals surface area contributed by atoms with E-state index in [1.807, 2.05) is 0 Å². The third kappa shape index (κ3) is 4.11. The lowest BCUT2D eigenvalue weighted by Gasteiger charge is -2.26. The Balaban J connectivity index is 2.01. The minimum atomic E-state index is -4.34. The number of morpholine rings is 1. The molecular weight excluding hydrogens is 257 g/mol. The highest BCUT2D eigenvalue weighted by molar-refractivity contribution is 5.45. The quantitative estimate of drug-likeness (QED) is 0.858. The molecule has 3 nitrogen and oxygen atoms in total. The molecule has 1 aromatic rings. The fourth-order valence-electron chi connectivity index (χ4n) is 2.14. The molecule has 1 fully saturated rings. The summed E-state index contributed by atoms with van der Waals surface area (Å²) in [4.78, 5) is 2.18. The third-order valence-electron chi connectivity index (χ3n) is 3.16. The molecule has 6 heteroatoms. The number of anilines is 1. The molecule has 1 heterocycles. The van der Waals surface area contributed by atoms with Crippen LogP contribution in [0.4, 0.5) is 18.9 Å². The summed E-state index contributed by atoms with van der Waals surface area (Å²) in [6.07, 6.45) is -3.78. The Labute approximate surface area is 110 Å². The highest BCUT2D eigenvalue weighted by Gasteiger charge is 2.31. The zero-order valence-electron chi connectivity index (χ0n) is 10.5. The predicted octanol–water partition coefficient (Wildman–Crippen LogP) is 2.16. The van der Waals surface area contributed by atoms with Crippen LogP contribution in [-0.4, -0.2) is 37.7 Å². The summed E-state index contributed by atoms with van der Waals surface area (Å²) in [5.41, 5.74) is 5.64. The van der Waals surface area contributed by atoms with Gasteiger partial charge in [-0.05, 0) is 30.2 Å². The fraction of sp³-hybridized carbons (Fsp3) is 0.538. The standard InChI is InChI=1S/C13H17F3N2O/c14-13(15,16)11-7-10(8-12(17)9-11)1-2-18-3-5-19-6-4-18/h7-9H,1-6,17H2. The van der Waals surface area contributed by atoms with Gasteiger partial charge in [0.25, 0.3) is 0 Å². The topological polar surface area (TPSA) is 38.5 Å². The number of rotatable bonds is 3. The molecule has 1 saturated heterocycles. The monoisotopic (exact) mass is 274 g/mol. The van der Waals surface area contributed by atoms with Gasteiger partial charge in [-0.3, -0.25) is 4.90 Å². The van der Waals surface area contributed by atoms with E-state index in [4.69, 9.17) is 10.5 Å². The van der Waals surface area contributed by atoms with E-state index < -0.39 is 11.7 Å². The molecule has 0 radical (unpaired) electrons. The van der Waals surface area contributed by atoms with Crippen LogP contribution < -0.4 is 5.73 Å². The highest BCUT2D eigenvalue weighted by Crippen LogP contribution is 2.31. The lowest BCUT2D eigenvalue weighted by molar-refractivity contribution is -0.137. The molecule has 0 saturated carbocycles. The van der Waals surface area contributed by atoms with Crippen molar-refractivity contribution in [2.75, 3.05) is 38.6 Å². The van der Waals surface area contributed by atoms with Crippen LogP contribution >= 0.6 is 0 Å². The minimum absolute atomic E-state index is 0.159. The van der Waals surface area contributed by atoms with Crippen molar-refractivity contribution in [1.29, 1.82) is 0 Å². The first-order chi connectivity index (χ1) is 8.95. The number of hydrogen-bond donors (Lipinski definition) is 1. The van der Waals surface area contributed by atoms with Crippen LogP contribution in [0.3, 0.4) is 0 Å². The Morgan fingerprint density at radius 3 is 2.47 bits per heavy atom. The summed E-state index contributed by atoms with van der Waals surface area (Å²) in [5, 5.41) is 0. The molecular formula is C13H17F3N2O. The maximum atomic E-state index is 12.7. The number of halogens is 3. The molecule has 2 N–H and O–H groups in total. The minimum Gasteiger partial charge on any atom is -0.399 e. The van der Waals surface area contributed by atoms with Crippen molar-refractivity contribution in [2.24, 2.45) is 0 Å². The van der Waals surface area contributed by atoms with Gasteiger partial charge in [-0.25, -0.2) is 0 Å². The zero-order valence-corrected chi connectivity index (χ0v) is 10.5. The molecule has 1 aliphatic heterocycles. The lowest BCUT2D eigenvalue weighted by Crippen LogP contribution is -2.37. The van der Waals surface area contributed by atoms with Gasteiger partial charge in [0.05, 0.1) is 18.8 Å². The molecule has 0 aliphatic carbocycles. The van der Waals surface area contributed by atoms with Crippen LogP contribution in [0.2, 0.25) is 0 Å². The molecule has 0 unspecified atom stereocenters. The first-order valence-corrected chi connectivity index (χ1v) is 6.22. The first kappa shape index (κ1) is 14.1. The number of ether oxygens (including phenoxy) is 1. The van der Waals surface area contributed by atoms with Gasteiger partial charge in [-0.15, -0.1) is 0 Å². The summed E-state index contributed by atoms with van der Waals surface area (Å²) in [7, 11) is 0. The number of alkyl halides is 3. The number of nitrogens with zero attached hydrogens (tertiary/aromatic N) is 1. The SMILES string of the molecule is Nc1cc(CCN2CCOCC2)cc(C(F)(F)F)c1. The fourth-order valence-corrected chi connectivity index (χ4v) is 2.14. The van der Waals surface area contributed by atoms with Gasteiger partial charge < -0.3 is 10.5 Å². The van der Waals surface area contributed by atoms with Crippen LogP contribution in [-0.2, 0) is 17.3 Å². The van der Waals surface area contributed by atoms with Crippen molar-refractivity contribution in [1.82, 2.24) is 4.90 Å². The summed E-state index contributed by atoms with van der Waals surface area (Å²) < 4.78 is 43.2. The van der Waals surface area contributed by atoms with E-state index in [9.17, 15) is 13.2 Å². The number of benzene rings is 1. The second-order valence-electron chi connectivity index (χ2n) is 4.67. The van der Waals surface area contributed by atoms with E-state index in [-0.39, 0.29) is 5.69 Å². The lowest BCUT2D eigenvalue weighted by atomic mass is 10.1. The van der Waals surface area contributed by atoms with Gasteiger partial charge in [-0.2, -0.15) is 13.2 Å². The first-order valence-electron chi connectivity index (χ1n) is 6.22. The van der Waals surface area contributed by atoms with Gasteiger partial charge >= 0.3 is 6.18 Å². The Kier molecular flexibility index (Phi) is 4.31. The molecule has 106 valence electrons. The highest BCUT2D eigenvalue weighted by atomic mass is 19.4. The summed E-state index contributed by atoms with van der Waals surface area (Å²) >= 11 is 0. The van der Waals surface area contributed by atoms with Gasteiger partial charge in [0.15, 0.2) is 0 Å². The third-order valence-corrected chi connectivity index (χ3v) is 3.16. The van der Waals surface area contributed by atoms with Crippen molar-refractivity contribution >= 4 is 5.69 Å². The molecule has 1 aliphatic rings.